The second-order valence-electron chi connectivity index (χ2n) is 23.8. The second-order valence-corrected chi connectivity index (χ2v) is 23.8. The molecule has 0 bridgehead atoms. The van der Waals surface area contributed by atoms with Gasteiger partial charge in [-0.25, -0.2) is 4.79 Å². The van der Waals surface area contributed by atoms with Crippen LogP contribution in [-0.2, 0) is 33.3 Å². The van der Waals surface area contributed by atoms with E-state index in [1.807, 2.05) is 21.1 Å². The first-order chi connectivity index (χ1) is 38.6. The molecule has 0 amide bonds. The Hall–Kier alpha value is -3.01. The van der Waals surface area contributed by atoms with Gasteiger partial charge in [0.25, 0.3) is 6.29 Å². The van der Waals surface area contributed by atoms with Crippen molar-refractivity contribution in [2.45, 2.75) is 322 Å². The van der Waals surface area contributed by atoms with E-state index in [-0.39, 0.29) is 38.2 Å². The molecule has 9 heteroatoms. The van der Waals surface area contributed by atoms with Gasteiger partial charge in [0, 0.05) is 12.8 Å². The van der Waals surface area contributed by atoms with Crippen LogP contribution in [0, 0.1) is 0 Å². The van der Waals surface area contributed by atoms with E-state index in [1.165, 1.54) is 212 Å². The molecule has 0 saturated heterocycles. The molecule has 2 unspecified atom stereocenters. The number of carbonyl (C=O) groups is 3. The van der Waals surface area contributed by atoms with E-state index in [0.29, 0.717) is 17.4 Å². The van der Waals surface area contributed by atoms with Crippen LogP contribution in [0.3, 0.4) is 0 Å². The van der Waals surface area contributed by atoms with Gasteiger partial charge in [-0.1, -0.05) is 299 Å². The summed E-state index contributed by atoms with van der Waals surface area (Å²) in [5.74, 6) is -1.98. The normalized spacial score (nSPS) is 13.1. The van der Waals surface area contributed by atoms with Crippen molar-refractivity contribution in [3.63, 3.8) is 0 Å². The molecule has 0 fully saturated rings. The summed E-state index contributed by atoms with van der Waals surface area (Å²) in [6.45, 7) is 4.82. The van der Waals surface area contributed by atoms with Gasteiger partial charge in [0.2, 0.25) is 0 Å². The van der Waals surface area contributed by atoms with Crippen LogP contribution in [-0.4, -0.2) is 87.4 Å². The van der Waals surface area contributed by atoms with Gasteiger partial charge in [-0.15, -0.1) is 0 Å². The average Bonchev–Trinajstić information content (AvgIpc) is 3.42. The minimum atomic E-state index is -1.51. The van der Waals surface area contributed by atoms with Crippen LogP contribution in [0.1, 0.15) is 309 Å². The Kier molecular flexibility index (Phi) is 58.7. The van der Waals surface area contributed by atoms with Crippen LogP contribution in [0.2, 0.25) is 0 Å². The molecule has 9 nitrogen and oxygen atoms in total. The fraction of sp³-hybridized carbons (Fsp3) is 0.814. The first-order valence-electron chi connectivity index (χ1n) is 33.5. The number of hydrogen-bond donors (Lipinski definition) is 1. The molecule has 460 valence electrons. The third-order valence-electron chi connectivity index (χ3n) is 14.8. The number of quaternary nitrogens is 1. The number of ether oxygens (including phenoxy) is 4. The highest BCUT2D eigenvalue weighted by atomic mass is 16.7. The molecule has 0 aromatic rings. The maximum atomic E-state index is 12.9. The number of hydrogen-bond acceptors (Lipinski definition) is 7. The minimum Gasteiger partial charge on any atom is -0.477 e. The van der Waals surface area contributed by atoms with Gasteiger partial charge >= 0.3 is 17.9 Å². The molecule has 0 aromatic carbocycles. The first kappa shape index (κ1) is 76.0. The fourth-order valence-electron chi connectivity index (χ4n) is 9.69. The molecule has 0 rings (SSSR count). The SMILES string of the molecule is CC/C=C\C/C=C\C/C=C\C/C=C\C/C=C\CCCCCCCCCCCCCCCCCCCCCC(=O)OC(COC(=O)CCCCCCCCCCCCCCCCCCCCC)COC(OCC[N+](C)(C)C)C(=O)O. The summed E-state index contributed by atoms with van der Waals surface area (Å²) >= 11 is 0. The summed E-state index contributed by atoms with van der Waals surface area (Å²) in [6, 6.07) is 0. The van der Waals surface area contributed by atoms with Gasteiger partial charge in [0.05, 0.1) is 34.4 Å². The monoisotopic (exact) mass is 1110 g/mol. The van der Waals surface area contributed by atoms with Crippen LogP contribution in [0.5, 0.6) is 0 Å². The second kappa shape index (κ2) is 61.1. The molecule has 0 aliphatic carbocycles. The maximum Gasteiger partial charge on any atom is 0.361 e. The number of allylic oxidation sites excluding steroid dienone is 10. The molecule has 0 aromatic heterocycles. The summed E-state index contributed by atoms with van der Waals surface area (Å²) in [4.78, 5) is 37.5. The lowest BCUT2D eigenvalue weighted by Crippen LogP contribution is -2.40. The number of carbonyl (C=O) groups excluding carboxylic acids is 2. The van der Waals surface area contributed by atoms with Crippen molar-refractivity contribution in [2.24, 2.45) is 0 Å². The topological polar surface area (TPSA) is 108 Å². The zero-order chi connectivity index (χ0) is 57.6. The summed E-state index contributed by atoms with van der Waals surface area (Å²) in [7, 11) is 5.98. The Labute approximate surface area is 488 Å². The number of likely N-dealkylation sites (N-methyl/N-ethyl adjacent to an activating group) is 1. The number of carboxylic acids is 1. The quantitative estimate of drug-likeness (QED) is 0.0211. The van der Waals surface area contributed by atoms with Crippen LogP contribution in [0.25, 0.3) is 0 Å². The van der Waals surface area contributed by atoms with Crippen molar-refractivity contribution in [2.75, 3.05) is 47.5 Å². The third kappa shape index (κ3) is 62.4. The Morgan fingerprint density at radius 2 is 0.722 bits per heavy atom. The summed E-state index contributed by atoms with van der Waals surface area (Å²) < 4.78 is 23.0. The molecule has 0 saturated carbocycles. The lowest BCUT2D eigenvalue weighted by molar-refractivity contribution is -0.870. The van der Waals surface area contributed by atoms with E-state index < -0.39 is 18.4 Å². The summed E-state index contributed by atoms with van der Waals surface area (Å²) in [5, 5.41) is 9.73. The molecule has 0 heterocycles. The number of esters is 2. The van der Waals surface area contributed by atoms with Gasteiger partial charge in [-0.05, 0) is 57.8 Å². The van der Waals surface area contributed by atoms with Crippen molar-refractivity contribution in [3.8, 4) is 0 Å². The van der Waals surface area contributed by atoms with E-state index in [2.05, 4.69) is 74.6 Å². The Morgan fingerprint density at radius 3 is 1.08 bits per heavy atom. The predicted molar refractivity (Wildman–Crippen MR) is 336 cm³/mol. The minimum absolute atomic E-state index is 0.177. The molecule has 0 aliphatic heterocycles. The lowest BCUT2D eigenvalue weighted by atomic mass is 10.0. The van der Waals surface area contributed by atoms with Gasteiger partial charge in [0.15, 0.2) is 6.10 Å². The zero-order valence-corrected chi connectivity index (χ0v) is 52.5. The molecule has 1 N–H and O–H groups in total. The van der Waals surface area contributed by atoms with Gasteiger partial charge in [0.1, 0.15) is 13.2 Å². The van der Waals surface area contributed by atoms with Crippen LogP contribution in [0.4, 0.5) is 0 Å². The predicted octanol–water partition coefficient (Wildman–Crippen LogP) is 20.4. The number of carboxylic acid groups (broad SMARTS) is 1. The molecule has 0 radical (unpaired) electrons. The highest BCUT2D eigenvalue weighted by molar-refractivity contribution is 5.71. The lowest BCUT2D eigenvalue weighted by Gasteiger charge is -2.25. The van der Waals surface area contributed by atoms with Crippen molar-refractivity contribution in [1.29, 1.82) is 0 Å². The van der Waals surface area contributed by atoms with E-state index in [4.69, 9.17) is 18.9 Å². The largest absolute Gasteiger partial charge is 0.477 e. The van der Waals surface area contributed by atoms with E-state index in [0.717, 1.165) is 70.6 Å². The standard InChI is InChI=1S/C70H127NO8/c1-6-8-10-12-14-16-18-20-22-24-26-27-28-29-30-31-32-33-34-35-36-37-38-39-40-41-43-45-47-49-51-53-55-57-59-61-68(73)79-66(65-78-70(69(74)75)76-63-62-71(3,4)5)64-77-67(72)60-58-56-54-52-50-48-46-44-42-25-23-21-19-17-15-13-11-9-7-2/h8,10,14,16,20,22,26-27,29-30,66,70H,6-7,9,11-13,15,17-19,21,23-25,28,31-65H2,1-5H3/p+1/b10-8-,16-14-,22-20-,27-26-,30-29-. The van der Waals surface area contributed by atoms with Crippen LogP contribution >= 0.6 is 0 Å². The maximum absolute atomic E-state index is 12.9. The number of aliphatic carboxylic acids is 1. The van der Waals surface area contributed by atoms with Crippen molar-refractivity contribution < 1.29 is 42.9 Å². The summed E-state index contributed by atoms with van der Waals surface area (Å²) in [5.41, 5.74) is 0. The fourth-order valence-corrected chi connectivity index (χ4v) is 9.69. The van der Waals surface area contributed by atoms with Crippen LogP contribution in [0.15, 0.2) is 60.8 Å². The van der Waals surface area contributed by atoms with Crippen molar-refractivity contribution >= 4 is 17.9 Å². The van der Waals surface area contributed by atoms with Gasteiger partial charge in [-0.2, -0.15) is 0 Å². The number of nitrogens with zero attached hydrogens (tertiary/aromatic N) is 1. The average molecular weight is 1110 g/mol. The summed E-state index contributed by atoms with van der Waals surface area (Å²) in [6.07, 6.45) is 76.1. The Morgan fingerprint density at radius 1 is 0.392 bits per heavy atom. The third-order valence-corrected chi connectivity index (χ3v) is 14.8. The van der Waals surface area contributed by atoms with Gasteiger partial charge < -0.3 is 28.5 Å². The number of unbranched alkanes of at least 4 members (excludes halogenated alkanes) is 37. The van der Waals surface area contributed by atoms with E-state index in [9.17, 15) is 19.5 Å². The van der Waals surface area contributed by atoms with E-state index >= 15 is 0 Å². The molecule has 2 atom stereocenters. The molecule has 0 spiro atoms. The Balaban J connectivity index is 4.05. The molecular formula is C70H128NO8+. The van der Waals surface area contributed by atoms with Crippen molar-refractivity contribution in [3.05, 3.63) is 60.8 Å². The zero-order valence-electron chi connectivity index (χ0n) is 52.5. The molecule has 0 aliphatic rings. The first-order valence-corrected chi connectivity index (χ1v) is 33.5. The van der Waals surface area contributed by atoms with Gasteiger partial charge in [-0.3, -0.25) is 9.59 Å². The van der Waals surface area contributed by atoms with Crippen molar-refractivity contribution in [1.82, 2.24) is 0 Å². The van der Waals surface area contributed by atoms with Crippen LogP contribution < -0.4 is 0 Å². The molecular weight excluding hydrogens is 983 g/mol. The Bertz CT molecular complexity index is 1480. The molecule has 79 heavy (non-hydrogen) atoms. The smallest absolute Gasteiger partial charge is 0.361 e. The number of rotatable bonds is 62. The highest BCUT2D eigenvalue weighted by Gasteiger charge is 2.25. The van der Waals surface area contributed by atoms with E-state index in [1.54, 1.807) is 0 Å². The highest BCUT2D eigenvalue weighted by Crippen LogP contribution is 2.18.